The van der Waals surface area contributed by atoms with Gasteiger partial charge < -0.3 is 10.0 Å². The standard InChI is InChI=1S/C22H26ClNO2/c1-17-4-6-18(7-5-17)21(25)3-2-14-24-15-12-22(26,13-16-24)19-8-10-20(23)11-9-19/h4-11,26H,2-3,12-16H2,1H3. The van der Waals surface area contributed by atoms with Crippen LogP contribution in [-0.4, -0.2) is 35.4 Å². The van der Waals surface area contributed by atoms with Gasteiger partial charge in [-0.2, -0.15) is 0 Å². The third kappa shape index (κ3) is 4.73. The van der Waals surface area contributed by atoms with Crippen LogP contribution in [0.3, 0.4) is 0 Å². The SMILES string of the molecule is Cc1ccc(C(=O)CCCN2CCC(O)(c3ccc(Cl)cc3)CC2)cc1. The van der Waals surface area contributed by atoms with Gasteiger partial charge in [0.1, 0.15) is 0 Å². The van der Waals surface area contributed by atoms with Crippen LogP contribution in [-0.2, 0) is 5.60 Å². The summed E-state index contributed by atoms with van der Waals surface area (Å²) in [6.45, 7) is 4.61. The van der Waals surface area contributed by atoms with Crippen molar-refractivity contribution in [1.82, 2.24) is 4.90 Å². The molecule has 0 saturated carbocycles. The van der Waals surface area contributed by atoms with Crippen LogP contribution in [0.25, 0.3) is 0 Å². The number of halogens is 1. The first-order valence-electron chi connectivity index (χ1n) is 9.27. The maximum Gasteiger partial charge on any atom is 0.162 e. The monoisotopic (exact) mass is 371 g/mol. The number of rotatable bonds is 6. The highest BCUT2D eigenvalue weighted by atomic mass is 35.5. The molecule has 0 radical (unpaired) electrons. The summed E-state index contributed by atoms with van der Waals surface area (Å²) in [4.78, 5) is 14.6. The summed E-state index contributed by atoms with van der Waals surface area (Å²) < 4.78 is 0. The lowest BCUT2D eigenvalue weighted by atomic mass is 9.84. The normalized spacial score (nSPS) is 17.2. The minimum atomic E-state index is -0.765. The molecule has 0 spiro atoms. The summed E-state index contributed by atoms with van der Waals surface area (Å²) in [5.41, 5.74) is 2.14. The second-order valence-electron chi connectivity index (χ2n) is 7.27. The third-order valence-electron chi connectivity index (χ3n) is 5.32. The van der Waals surface area contributed by atoms with E-state index in [1.165, 1.54) is 5.56 Å². The summed E-state index contributed by atoms with van der Waals surface area (Å²) >= 11 is 5.94. The highest BCUT2D eigenvalue weighted by Crippen LogP contribution is 2.33. The number of hydrogen-bond acceptors (Lipinski definition) is 3. The largest absolute Gasteiger partial charge is 0.385 e. The van der Waals surface area contributed by atoms with E-state index < -0.39 is 5.60 Å². The molecule has 1 N–H and O–H groups in total. The maximum absolute atomic E-state index is 12.2. The van der Waals surface area contributed by atoms with Crippen molar-refractivity contribution >= 4 is 17.4 Å². The van der Waals surface area contributed by atoms with Crippen LogP contribution in [0, 0.1) is 6.92 Å². The van der Waals surface area contributed by atoms with Gasteiger partial charge in [0.2, 0.25) is 0 Å². The Morgan fingerprint density at radius 3 is 2.31 bits per heavy atom. The minimum Gasteiger partial charge on any atom is -0.385 e. The molecule has 1 heterocycles. The molecular weight excluding hydrogens is 346 g/mol. The van der Waals surface area contributed by atoms with Gasteiger partial charge in [-0.15, -0.1) is 0 Å². The molecule has 0 unspecified atom stereocenters. The Hall–Kier alpha value is -1.68. The van der Waals surface area contributed by atoms with Crippen molar-refractivity contribution in [3.05, 3.63) is 70.2 Å². The van der Waals surface area contributed by atoms with Gasteiger partial charge in [-0.05, 0) is 50.4 Å². The molecule has 0 atom stereocenters. The van der Waals surface area contributed by atoms with E-state index in [2.05, 4.69) is 4.90 Å². The Bertz CT molecular complexity index is 732. The van der Waals surface area contributed by atoms with Gasteiger partial charge in [-0.1, -0.05) is 53.6 Å². The smallest absolute Gasteiger partial charge is 0.162 e. The zero-order chi connectivity index (χ0) is 18.6. The van der Waals surface area contributed by atoms with E-state index in [-0.39, 0.29) is 5.78 Å². The number of hydrogen-bond donors (Lipinski definition) is 1. The van der Waals surface area contributed by atoms with Crippen LogP contribution < -0.4 is 0 Å². The minimum absolute atomic E-state index is 0.208. The summed E-state index contributed by atoms with van der Waals surface area (Å²) in [5, 5.41) is 11.6. The summed E-state index contributed by atoms with van der Waals surface area (Å²) in [6, 6.07) is 15.3. The highest BCUT2D eigenvalue weighted by molar-refractivity contribution is 6.30. The van der Waals surface area contributed by atoms with Gasteiger partial charge >= 0.3 is 0 Å². The van der Waals surface area contributed by atoms with Crippen molar-refractivity contribution in [2.24, 2.45) is 0 Å². The Morgan fingerprint density at radius 1 is 1.08 bits per heavy atom. The average Bonchev–Trinajstić information content (AvgIpc) is 2.64. The number of Topliss-reactive ketones (excluding diaryl/α,β-unsaturated/α-hetero) is 1. The number of benzene rings is 2. The first-order chi connectivity index (χ1) is 12.5. The van der Waals surface area contributed by atoms with Crippen LogP contribution in [0.2, 0.25) is 5.02 Å². The molecule has 0 amide bonds. The van der Waals surface area contributed by atoms with E-state index in [0.29, 0.717) is 24.3 Å². The van der Waals surface area contributed by atoms with Crippen molar-refractivity contribution in [3.8, 4) is 0 Å². The molecular formula is C22H26ClNO2. The number of piperidine rings is 1. The predicted octanol–water partition coefficient (Wildman–Crippen LogP) is 4.59. The van der Waals surface area contributed by atoms with Crippen LogP contribution in [0.1, 0.15) is 47.2 Å². The van der Waals surface area contributed by atoms with Crippen molar-refractivity contribution in [2.75, 3.05) is 19.6 Å². The van der Waals surface area contributed by atoms with Gasteiger partial charge in [0.05, 0.1) is 5.60 Å². The van der Waals surface area contributed by atoms with E-state index >= 15 is 0 Å². The van der Waals surface area contributed by atoms with E-state index in [1.54, 1.807) is 0 Å². The van der Waals surface area contributed by atoms with E-state index in [0.717, 1.165) is 37.2 Å². The lowest BCUT2D eigenvalue weighted by Crippen LogP contribution is -2.42. The summed E-state index contributed by atoms with van der Waals surface area (Å²) in [6.07, 6.45) is 2.84. The number of carbonyl (C=O) groups is 1. The zero-order valence-electron chi connectivity index (χ0n) is 15.2. The average molecular weight is 372 g/mol. The third-order valence-corrected chi connectivity index (χ3v) is 5.57. The van der Waals surface area contributed by atoms with Gasteiger partial charge in [-0.3, -0.25) is 4.79 Å². The van der Waals surface area contributed by atoms with Crippen LogP contribution >= 0.6 is 11.6 Å². The molecule has 1 aliphatic rings. The van der Waals surface area contributed by atoms with E-state index in [9.17, 15) is 9.90 Å². The number of likely N-dealkylation sites (tertiary alicyclic amines) is 1. The molecule has 1 saturated heterocycles. The van der Waals surface area contributed by atoms with Crippen LogP contribution in [0.4, 0.5) is 0 Å². The lowest BCUT2D eigenvalue weighted by molar-refractivity contribution is -0.0260. The molecule has 26 heavy (non-hydrogen) atoms. The molecule has 3 rings (SSSR count). The molecule has 0 aliphatic carbocycles. The van der Waals surface area contributed by atoms with Crippen molar-refractivity contribution in [3.63, 3.8) is 0 Å². The molecule has 0 aromatic heterocycles. The number of nitrogens with zero attached hydrogens (tertiary/aromatic N) is 1. The quantitative estimate of drug-likeness (QED) is 0.754. The number of ketones is 1. The molecule has 1 fully saturated rings. The number of aryl methyl sites for hydroxylation is 1. The van der Waals surface area contributed by atoms with Crippen LogP contribution in [0.15, 0.2) is 48.5 Å². The first-order valence-corrected chi connectivity index (χ1v) is 9.65. The van der Waals surface area contributed by atoms with Crippen molar-refractivity contribution in [2.45, 2.75) is 38.2 Å². The Morgan fingerprint density at radius 2 is 1.69 bits per heavy atom. The van der Waals surface area contributed by atoms with Gasteiger partial charge in [0.15, 0.2) is 5.78 Å². The molecule has 2 aromatic rings. The molecule has 1 aliphatic heterocycles. The fourth-order valence-corrected chi connectivity index (χ4v) is 3.67. The maximum atomic E-state index is 12.2. The second kappa shape index (κ2) is 8.34. The Balaban J connectivity index is 1.44. The lowest BCUT2D eigenvalue weighted by Gasteiger charge is -2.38. The Labute approximate surface area is 160 Å². The highest BCUT2D eigenvalue weighted by Gasteiger charge is 2.33. The first kappa shape index (κ1) is 19.1. The van der Waals surface area contributed by atoms with E-state index in [4.69, 9.17) is 11.6 Å². The second-order valence-corrected chi connectivity index (χ2v) is 7.71. The molecule has 138 valence electrons. The van der Waals surface area contributed by atoms with Crippen molar-refractivity contribution in [1.29, 1.82) is 0 Å². The van der Waals surface area contributed by atoms with Gasteiger partial charge in [0, 0.05) is 30.1 Å². The van der Waals surface area contributed by atoms with Crippen molar-refractivity contribution < 1.29 is 9.90 Å². The molecule has 4 heteroatoms. The number of aliphatic hydroxyl groups is 1. The summed E-state index contributed by atoms with van der Waals surface area (Å²) in [7, 11) is 0. The molecule has 3 nitrogen and oxygen atoms in total. The van der Waals surface area contributed by atoms with Gasteiger partial charge in [-0.25, -0.2) is 0 Å². The van der Waals surface area contributed by atoms with Crippen LogP contribution in [0.5, 0.6) is 0 Å². The molecule has 2 aromatic carbocycles. The number of carbonyl (C=O) groups excluding carboxylic acids is 1. The Kier molecular flexibility index (Phi) is 6.13. The zero-order valence-corrected chi connectivity index (χ0v) is 16.0. The fourth-order valence-electron chi connectivity index (χ4n) is 3.54. The fraction of sp³-hybridized carbons (Fsp3) is 0.409. The topological polar surface area (TPSA) is 40.5 Å². The van der Waals surface area contributed by atoms with Gasteiger partial charge in [0.25, 0.3) is 0 Å². The predicted molar refractivity (Wildman–Crippen MR) is 106 cm³/mol. The molecule has 0 bridgehead atoms. The summed E-state index contributed by atoms with van der Waals surface area (Å²) in [5.74, 6) is 0.208. The van der Waals surface area contributed by atoms with E-state index in [1.807, 2.05) is 55.5 Å².